The normalized spacial score (nSPS) is 10.0. The van der Waals surface area contributed by atoms with E-state index in [0.717, 1.165) is 6.07 Å². The minimum Gasteiger partial charge on any atom is -0.379 e. The summed E-state index contributed by atoms with van der Waals surface area (Å²) in [6.07, 6.45) is 0.0492. The lowest BCUT2D eigenvalue weighted by Crippen LogP contribution is -2.16. The molecule has 17 heavy (non-hydrogen) atoms. The molecule has 0 saturated heterocycles. The number of aryl methyl sites for hydroxylation is 1. The number of nitro benzene ring substituents is 1. The van der Waals surface area contributed by atoms with Gasteiger partial charge in [0, 0.05) is 13.0 Å². The van der Waals surface area contributed by atoms with E-state index in [4.69, 9.17) is 5.73 Å². The average molecular weight is 241 g/mol. The van der Waals surface area contributed by atoms with Crippen molar-refractivity contribution < 1.29 is 14.1 Å². The van der Waals surface area contributed by atoms with Gasteiger partial charge in [-0.05, 0) is 18.6 Å². The van der Waals surface area contributed by atoms with Crippen molar-refractivity contribution in [3.05, 3.63) is 33.6 Å². The average Bonchev–Trinajstić information content (AvgIpc) is 2.22. The zero-order chi connectivity index (χ0) is 13.0. The van der Waals surface area contributed by atoms with Crippen LogP contribution in [0.1, 0.15) is 12.0 Å². The Morgan fingerprint density at radius 3 is 2.76 bits per heavy atom. The fourth-order valence-electron chi connectivity index (χ4n) is 1.28. The summed E-state index contributed by atoms with van der Waals surface area (Å²) in [7, 11) is 0. The molecule has 0 radical (unpaired) electrons. The second-order valence-corrected chi connectivity index (χ2v) is 3.52. The van der Waals surface area contributed by atoms with Crippen LogP contribution in [0.25, 0.3) is 0 Å². The molecule has 1 amide bonds. The van der Waals surface area contributed by atoms with E-state index in [9.17, 15) is 19.3 Å². The summed E-state index contributed by atoms with van der Waals surface area (Å²) < 4.78 is 13.2. The van der Waals surface area contributed by atoms with Crippen LogP contribution < -0.4 is 11.1 Å². The van der Waals surface area contributed by atoms with Crippen molar-refractivity contribution >= 4 is 17.3 Å². The number of anilines is 1. The fourth-order valence-corrected chi connectivity index (χ4v) is 1.28. The van der Waals surface area contributed by atoms with E-state index < -0.39 is 16.6 Å². The Labute approximate surface area is 96.8 Å². The predicted octanol–water partition coefficient (Wildman–Crippen LogP) is 1.33. The van der Waals surface area contributed by atoms with E-state index in [-0.39, 0.29) is 29.9 Å². The van der Waals surface area contributed by atoms with Gasteiger partial charge in [-0.3, -0.25) is 14.9 Å². The van der Waals surface area contributed by atoms with Gasteiger partial charge in [0.25, 0.3) is 5.69 Å². The molecule has 0 heterocycles. The first kappa shape index (κ1) is 12.9. The Kier molecular flexibility index (Phi) is 3.97. The van der Waals surface area contributed by atoms with E-state index >= 15 is 0 Å². The van der Waals surface area contributed by atoms with Gasteiger partial charge in [-0.2, -0.15) is 0 Å². The van der Waals surface area contributed by atoms with E-state index in [0.29, 0.717) is 0 Å². The van der Waals surface area contributed by atoms with Gasteiger partial charge in [-0.1, -0.05) is 0 Å². The third kappa shape index (κ3) is 3.40. The summed E-state index contributed by atoms with van der Waals surface area (Å²) in [5, 5.41) is 13.4. The van der Waals surface area contributed by atoms with Crippen molar-refractivity contribution in [2.45, 2.75) is 13.3 Å². The Bertz CT molecular complexity index is 462. The van der Waals surface area contributed by atoms with Gasteiger partial charge < -0.3 is 11.1 Å². The standard InChI is InChI=1S/C10H12FN3O3/c1-6-4-8(13-3-2-10(12)15)9(14(16)17)5-7(6)11/h4-5,13H,2-3H2,1H3,(H2,12,15). The minimum atomic E-state index is -0.685. The first-order valence-corrected chi connectivity index (χ1v) is 4.88. The quantitative estimate of drug-likeness (QED) is 0.600. The zero-order valence-corrected chi connectivity index (χ0v) is 9.20. The maximum Gasteiger partial charge on any atom is 0.295 e. The first-order chi connectivity index (χ1) is 7.91. The molecule has 0 atom stereocenters. The van der Waals surface area contributed by atoms with Crippen LogP contribution in [0.3, 0.4) is 0 Å². The van der Waals surface area contributed by atoms with Crippen molar-refractivity contribution in [1.29, 1.82) is 0 Å². The number of hydrogen-bond acceptors (Lipinski definition) is 4. The molecule has 0 aromatic heterocycles. The SMILES string of the molecule is Cc1cc(NCCC(N)=O)c([N+](=O)[O-])cc1F. The summed E-state index contributed by atoms with van der Waals surface area (Å²) in [5.74, 6) is -1.16. The third-order valence-corrected chi connectivity index (χ3v) is 2.16. The highest BCUT2D eigenvalue weighted by Gasteiger charge is 2.16. The number of nitrogens with zero attached hydrogens (tertiary/aromatic N) is 1. The van der Waals surface area contributed by atoms with Crippen LogP contribution in [0.2, 0.25) is 0 Å². The number of nitrogens with two attached hydrogens (primary N) is 1. The summed E-state index contributed by atoms with van der Waals surface area (Å²) in [5.41, 5.74) is 5.04. The first-order valence-electron chi connectivity index (χ1n) is 4.88. The molecule has 0 aliphatic heterocycles. The highest BCUT2D eigenvalue weighted by Crippen LogP contribution is 2.27. The van der Waals surface area contributed by atoms with Crippen molar-refractivity contribution in [3.63, 3.8) is 0 Å². The van der Waals surface area contributed by atoms with Crippen molar-refractivity contribution in [3.8, 4) is 0 Å². The van der Waals surface area contributed by atoms with Gasteiger partial charge in [0.1, 0.15) is 11.5 Å². The lowest BCUT2D eigenvalue weighted by Gasteiger charge is -2.07. The maximum atomic E-state index is 13.2. The van der Waals surface area contributed by atoms with Crippen LogP contribution in [0, 0.1) is 22.9 Å². The highest BCUT2D eigenvalue weighted by atomic mass is 19.1. The second-order valence-electron chi connectivity index (χ2n) is 3.52. The molecule has 0 aliphatic rings. The Hall–Kier alpha value is -2.18. The zero-order valence-electron chi connectivity index (χ0n) is 9.20. The van der Waals surface area contributed by atoms with Gasteiger partial charge in [0.2, 0.25) is 5.91 Å². The molecule has 92 valence electrons. The van der Waals surface area contributed by atoms with Crippen LogP contribution >= 0.6 is 0 Å². The number of carbonyl (C=O) groups excluding carboxylic acids is 1. The van der Waals surface area contributed by atoms with Crippen molar-refractivity contribution in [2.24, 2.45) is 5.73 Å². The molecule has 0 saturated carbocycles. The fraction of sp³-hybridized carbons (Fsp3) is 0.300. The number of hydrogen-bond donors (Lipinski definition) is 2. The highest BCUT2D eigenvalue weighted by molar-refractivity contribution is 5.74. The molecule has 0 fully saturated rings. The molecule has 1 aromatic rings. The molecule has 1 rings (SSSR count). The number of benzene rings is 1. The molecule has 0 spiro atoms. The second kappa shape index (κ2) is 5.24. The van der Waals surface area contributed by atoms with E-state index in [1.54, 1.807) is 0 Å². The number of rotatable bonds is 5. The van der Waals surface area contributed by atoms with Crippen LogP contribution in [0.5, 0.6) is 0 Å². The maximum absolute atomic E-state index is 13.2. The summed E-state index contributed by atoms with van der Waals surface area (Å²) >= 11 is 0. The minimum absolute atomic E-state index is 0.0492. The Morgan fingerprint density at radius 1 is 1.59 bits per heavy atom. The van der Waals surface area contributed by atoms with Gasteiger partial charge in [-0.25, -0.2) is 4.39 Å². The lowest BCUT2D eigenvalue weighted by molar-refractivity contribution is -0.384. The number of nitro groups is 1. The molecular formula is C10H12FN3O3. The van der Waals surface area contributed by atoms with Crippen LogP contribution in [0.4, 0.5) is 15.8 Å². The predicted molar refractivity (Wildman–Crippen MR) is 60.1 cm³/mol. The summed E-state index contributed by atoms with van der Waals surface area (Å²) in [4.78, 5) is 20.5. The number of primary amides is 1. The van der Waals surface area contributed by atoms with Gasteiger partial charge in [-0.15, -0.1) is 0 Å². The van der Waals surface area contributed by atoms with Gasteiger partial charge in [0.05, 0.1) is 11.0 Å². The van der Waals surface area contributed by atoms with E-state index in [2.05, 4.69) is 5.32 Å². The molecule has 7 heteroatoms. The summed E-state index contributed by atoms with van der Waals surface area (Å²) in [6.45, 7) is 1.67. The van der Waals surface area contributed by atoms with Crippen LogP contribution in [0.15, 0.2) is 12.1 Å². The molecule has 0 bridgehead atoms. The number of nitrogens with one attached hydrogen (secondary N) is 1. The molecular weight excluding hydrogens is 229 g/mol. The Balaban J connectivity index is 2.92. The summed E-state index contributed by atoms with van der Waals surface area (Å²) in [6, 6.07) is 2.18. The lowest BCUT2D eigenvalue weighted by atomic mass is 10.1. The molecule has 1 aromatic carbocycles. The van der Waals surface area contributed by atoms with E-state index in [1.807, 2.05) is 0 Å². The third-order valence-electron chi connectivity index (χ3n) is 2.16. The van der Waals surface area contributed by atoms with E-state index in [1.165, 1.54) is 13.0 Å². The molecule has 6 nitrogen and oxygen atoms in total. The van der Waals surface area contributed by atoms with Crippen LogP contribution in [-0.4, -0.2) is 17.4 Å². The molecule has 0 aliphatic carbocycles. The number of halogens is 1. The largest absolute Gasteiger partial charge is 0.379 e. The number of carbonyl (C=O) groups is 1. The Morgan fingerprint density at radius 2 is 2.24 bits per heavy atom. The van der Waals surface area contributed by atoms with Gasteiger partial charge in [0.15, 0.2) is 0 Å². The van der Waals surface area contributed by atoms with Crippen LogP contribution in [-0.2, 0) is 4.79 Å². The molecule has 0 unspecified atom stereocenters. The van der Waals surface area contributed by atoms with Crippen molar-refractivity contribution in [1.82, 2.24) is 0 Å². The smallest absolute Gasteiger partial charge is 0.295 e. The topological polar surface area (TPSA) is 98.3 Å². The van der Waals surface area contributed by atoms with Gasteiger partial charge >= 0.3 is 0 Å². The molecule has 3 N–H and O–H groups in total. The number of amides is 1. The monoisotopic (exact) mass is 241 g/mol. The van der Waals surface area contributed by atoms with Crippen molar-refractivity contribution in [2.75, 3.05) is 11.9 Å².